The second-order valence-electron chi connectivity index (χ2n) is 7.54. The van der Waals surface area contributed by atoms with E-state index in [2.05, 4.69) is 10.6 Å². The zero-order valence-electron chi connectivity index (χ0n) is 16.1. The van der Waals surface area contributed by atoms with Crippen molar-refractivity contribution in [2.24, 2.45) is 0 Å². The Kier molecular flexibility index (Phi) is 5.97. The number of ether oxygens (including phenoxy) is 2. The molecule has 0 saturated carbocycles. The molecule has 4 rings (SSSR count). The predicted molar refractivity (Wildman–Crippen MR) is 106 cm³/mol. The summed E-state index contributed by atoms with van der Waals surface area (Å²) in [5.74, 6) is 0. The fraction of sp³-hybridized carbons (Fsp3) is 0.600. The van der Waals surface area contributed by atoms with E-state index in [1.165, 1.54) is 0 Å². The number of rotatable bonds is 6. The lowest BCUT2D eigenvalue weighted by Crippen LogP contribution is -2.44. The van der Waals surface area contributed by atoms with Crippen molar-refractivity contribution in [3.63, 3.8) is 0 Å². The molecule has 3 aliphatic heterocycles. The van der Waals surface area contributed by atoms with Gasteiger partial charge >= 0.3 is 12.1 Å². The molecule has 8 heteroatoms. The molecule has 0 aromatic heterocycles. The van der Waals surface area contributed by atoms with Gasteiger partial charge in [-0.15, -0.1) is 0 Å². The van der Waals surface area contributed by atoms with Crippen LogP contribution in [0, 0.1) is 0 Å². The van der Waals surface area contributed by atoms with Crippen LogP contribution in [0.3, 0.4) is 0 Å². The smallest absolute Gasteiger partial charge is 0.322 e. The van der Waals surface area contributed by atoms with E-state index >= 15 is 0 Å². The highest BCUT2D eigenvalue weighted by Crippen LogP contribution is 2.22. The van der Waals surface area contributed by atoms with E-state index in [0.717, 1.165) is 44.6 Å². The lowest BCUT2D eigenvalue weighted by Gasteiger charge is -2.28. The van der Waals surface area contributed by atoms with Crippen molar-refractivity contribution in [2.45, 2.75) is 37.9 Å². The van der Waals surface area contributed by atoms with Gasteiger partial charge in [0.25, 0.3) is 0 Å². The summed E-state index contributed by atoms with van der Waals surface area (Å²) >= 11 is 0. The van der Waals surface area contributed by atoms with Crippen LogP contribution in [0.2, 0.25) is 0 Å². The molecule has 3 saturated heterocycles. The van der Waals surface area contributed by atoms with Gasteiger partial charge in [0, 0.05) is 50.8 Å². The first-order valence-corrected chi connectivity index (χ1v) is 10.1. The van der Waals surface area contributed by atoms with E-state index < -0.39 is 0 Å². The molecule has 2 N–H and O–H groups in total. The standard InChI is InChI=1S/C20H28N4O4/c25-19-21-8-9-24(19)16-5-1-4-15(12-16)22-20(26)23(13-17-6-2-10-27-17)14-18-7-3-11-28-18/h1,4-5,12,17-18H,2-3,6-11,13-14H2,(H,21,25)(H,22,26)/t17-,18-/m1/s1. The van der Waals surface area contributed by atoms with E-state index in [9.17, 15) is 9.59 Å². The van der Waals surface area contributed by atoms with Gasteiger partial charge < -0.3 is 25.0 Å². The molecule has 0 aliphatic carbocycles. The SMILES string of the molecule is O=C(Nc1cccc(N2CCNC2=O)c1)N(C[C@H]1CCCO1)C[C@H]1CCCO1. The third-order valence-corrected chi connectivity index (χ3v) is 5.45. The summed E-state index contributed by atoms with van der Waals surface area (Å²) in [5, 5.41) is 5.78. The zero-order chi connectivity index (χ0) is 19.3. The minimum Gasteiger partial charge on any atom is -0.376 e. The number of benzene rings is 1. The predicted octanol–water partition coefficient (Wildman–Crippen LogP) is 2.41. The number of amides is 4. The van der Waals surface area contributed by atoms with Gasteiger partial charge in [-0.1, -0.05) is 6.07 Å². The molecule has 3 aliphatic rings. The van der Waals surface area contributed by atoms with E-state index in [4.69, 9.17) is 9.47 Å². The normalized spacial score (nSPS) is 24.4. The summed E-state index contributed by atoms with van der Waals surface area (Å²) in [6, 6.07) is 7.12. The largest absolute Gasteiger partial charge is 0.376 e. The van der Waals surface area contributed by atoms with Crippen molar-refractivity contribution in [1.29, 1.82) is 0 Å². The van der Waals surface area contributed by atoms with Crippen molar-refractivity contribution in [3.8, 4) is 0 Å². The van der Waals surface area contributed by atoms with Gasteiger partial charge in [-0.2, -0.15) is 0 Å². The second-order valence-corrected chi connectivity index (χ2v) is 7.54. The van der Waals surface area contributed by atoms with E-state index in [1.807, 2.05) is 24.3 Å². The van der Waals surface area contributed by atoms with Crippen molar-refractivity contribution >= 4 is 23.4 Å². The van der Waals surface area contributed by atoms with Crippen LogP contribution in [0.5, 0.6) is 0 Å². The van der Waals surface area contributed by atoms with Crippen LogP contribution >= 0.6 is 0 Å². The molecule has 28 heavy (non-hydrogen) atoms. The van der Waals surface area contributed by atoms with E-state index in [0.29, 0.717) is 31.9 Å². The monoisotopic (exact) mass is 388 g/mol. The summed E-state index contributed by atoms with van der Waals surface area (Å²) in [4.78, 5) is 28.4. The molecule has 3 fully saturated rings. The van der Waals surface area contributed by atoms with Crippen LogP contribution in [0.25, 0.3) is 0 Å². The number of hydrogen-bond acceptors (Lipinski definition) is 4. The summed E-state index contributed by atoms with van der Waals surface area (Å²) in [5.41, 5.74) is 1.45. The molecule has 0 spiro atoms. The molecule has 3 heterocycles. The van der Waals surface area contributed by atoms with Crippen LogP contribution in [0.1, 0.15) is 25.7 Å². The third-order valence-electron chi connectivity index (χ3n) is 5.45. The molecule has 1 aromatic carbocycles. The topological polar surface area (TPSA) is 83.1 Å². The van der Waals surface area contributed by atoms with Gasteiger partial charge in [0.2, 0.25) is 0 Å². The zero-order valence-corrected chi connectivity index (χ0v) is 16.1. The third kappa shape index (κ3) is 4.56. The Hall–Kier alpha value is -2.32. The number of carbonyl (C=O) groups excluding carboxylic acids is 2. The number of anilines is 2. The Balaban J connectivity index is 1.43. The molecule has 8 nitrogen and oxygen atoms in total. The fourth-order valence-electron chi connectivity index (χ4n) is 3.98. The highest BCUT2D eigenvalue weighted by molar-refractivity contribution is 5.95. The molecule has 4 amide bonds. The van der Waals surface area contributed by atoms with Crippen LogP contribution in [0.15, 0.2) is 24.3 Å². The first kappa shape index (κ1) is 19.0. The Morgan fingerprint density at radius 1 is 1.18 bits per heavy atom. The summed E-state index contributed by atoms with van der Waals surface area (Å²) in [7, 11) is 0. The average molecular weight is 388 g/mol. The van der Waals surface area contributed by atoms with Crippen molar-refractivity contribution < 1.29 is 19.1 Å². The van der Waals surface area contributed by atoms with Crippen LogP contribution in [0.4, 0.5) is 21.0 Å². The first-order chi connectivity index (χ1) is 13.7. The second kappa shape index (κ2) is 8.79. The fourth-order valence-corrected chi connectivity index (χ4v) is 3.98. The molecule has 152 valence electrons. The molecule has 2 atom stereocenters. The van der Waals surface area contributed by atoms with Gasteiger partial charge in [0.05, 0.1) is 12.2 Å². The first-order valence-electron chi connectivity index (χ1n) is 10.1. The Labute approximate surface area is 165 Å². The molecule has 0 radical (unpaired) electrons. The Bertz CT molecular complexity index is 683. The molecular weight excluding hydrogens is 360 g/mol. The van der Waals surface area contributed by atoms with Crippen LogP contribution < -0.4 is 15.5 Å². The molecular formula is C20H28N4O4. The minimum absolute atomic E-state index is 0.0896. The Morgan fingerprint density at radius 2 is 1.89 bits per heavy atom. The van der Waals surface area contributed by atoms with Crippen molar-refractivity contribution in [1.82, 2.24) is 10.2 Å². The summed E-state index contributed by atoms with van der Waals surface area (Å²) in [6.45, 7) is 3.92. The van der Waals surface area contributed by atoms with Crippen LogP contribution in [-0.2, 0) is 9.47 Å². The lowest BCUT2D eigenvalue weighted by atomic mass is 10.2. The van der Waals surface area contributed by atoms with Gasteiger partial charge in [0.1, 0.15) is 0 Å². The van der Waals surface area contributed by atoms with Gasteiger partial charge in [-0.05, 0) is 43.9 Å². The Morgan fingerprint density at radius 3 is 2.46 bits per heavy atom. The number of nitrogens with one attached hydrogen (secondary N) is 2. The van der Waals surface area contributed by atoms with Gasteiger partial charge in [0.15, 0.2) is 0 Å². The molecule has 0 unspecified atom stereocenters. The van der Waals surface area contributed by atoms with Crippen LogP contribution in [-0.4, -0.2) is 68.6 Å². The van der Waals surface area contributed by atoms with Crippen molar-refractivity contribution in [2.75, 3.05) is 49.6 Å². The quantitative estimate of drug-likeness (QED) is 0.784. The number of carbonyl (C=O) groups is 2. The van der Waals surface area contributed by atoms with Crippen molar-refractivity contribution in [3.05, 3.63) is 24.3 Å². The minimum atomic E-state index is -0.158. The number of hydrogen-bond donors (Lipinski definition) is 2. The average Bonchev–Trinajstić information content (AvgIpc) is 3.44. The highest BCUT2D eigenvalue weighted by atomic mass is 16.5. The van der Waals surface area contributed by atoms with E-state index in [-0.39, 0.29) is 24.3 Å². The van der Waals surface area contributed by atoms with E-state index in [1.54, 1.807) is 9.80 Å². The lowest BCUT2D eigenvalue weighted by molar-refractivity contribution is 0.0524. The number of urea groups is 2. The molecule has 1 aromatic rings. The maximum atomic E-state index is 13.0. The molecule has 0 bridgehead atoms. The van der Waals surface area contributed by atoms with Gasteiger partial charge in [-0.25, -0.2) is 9.59 Å². The number of nitrogens with zero attached hydrogens (tertiary/aromatic N) is 2. The summed E-state index contributed by atoms with van der Waals surface area (Å²) in [6.07, 6.45) is 4.22. The maximum absolute atomic E-state index is 13.0. The summed E-state index contributed by atoms with van der Waals surface area (Å²) < 4.78 is 11.5. The van der Waals surface area contributed by atoms with Gasteiger partial charge in [-0.3, -0.25) is 4.90 Å². The maximum Gasteiger partial charge on any atom is 0.322 e. The highest BCUT2D eigenvalue weighted by Gasteiger charge is 2.27.